The summed E-state index contributed by atoms with van der Waals surface area (Å²) in [5.41, 5.74) is 0.238. The fourth-order valence-electron chi connectivity index (χ4n) is 1.43. The molecule has 0 spiro atoms. The van der Waals surface area contributed by atoms with Gasteiger partial charge in [0, 0.05) is 6.42 Å². The lowest BCUT2D eigenvalue weighted by Crippen LogP contribution is -2.41. The number of aryl methyl sites for hydroxylation is 1. The molecule has 1 aromatic heterocycles. The molecule has 7 nitrogen and oxygen atoms in total. The zero-order valence-electron chi connectivity index (χ0n) is 10.6. The van der Waals surface area contributed by atoms with Crippen molar-refractivity contribution < 1.29 is 28.6 Å². The van der Waals surface area contributed by atoms with E-state index in [1.807, 2.05) is 0 Å². The molecule has 0 aliphatic heterocycles. The molecule has 7 heteroatoms. The molecule has 0 bridgehead atoms. The van der Waals surface area contributed by atoms with Gasteiger partial charge in [-0.15, -0.1) is 0 Å². The van der Waals surface area contributed by atoms with Crippen LogP contribution in [0.15, 0.2) is 16.7 Å². The van der Waals surface area contributed by atoms with E-state index in [1.165, 1.54) is 19.4 Å². The van der Waals surface area contributed by atoms with Gasteiger partial charge >= 0.3 is 11.9 Å². The second kappa shape index (κ2) is 6.58. The number of furan rings is 1. The normalized spacial score (nSPS) is 11.7. The van der Waals surface area contributed by atoms with Gasteiger partial charge in [0.15, 0.2) is 0 Å². The van der Waals surface area contributed by atoms with Gasteiger partial charge in [-0.05, 0) is 19.4 Å². The standard InChI is InChI=1S/C12H15NO6/c1-7-5-8(6-19-7)11(15)13-9(12(16)17)3-4-10(14)18-2/h5-6,9H,3-4H2,1-2H3,(H,13,15)(H,16,17)/t9-/m0/s1. The Labute approximate surface area is 109 Å². The first-order valence-electron chi connectivity index (χ1n) is 5.59. The van der Waals surface area contributed by atoms with Crippen LogP contribution in [0.3, 0.4) is 0 Å². The summed E-state index contributed by atoms with van der Waals surface area (Å²) >= 11 is 0. The molecule has 0 aliphatic carbocycles. The van der Waals surface area contributed by atoms with Crippen LogP contribution in [0, 0.1) is 6.92 Å². The molecule has 1 aromatic rings. The maximum absolute atomic E-state index is 11.7. The van der Waals surface area contributed by atoms with Crippen molar-refractivity contribution in [1.29, 1.82) is 0 Å². The predicted molar refractivity (Wildman–Crippen MR) is 63.6 cm³/mol. The van der Waals surface area contributed by atoms with Crippen molar-refractivity contribution in [3.05, 3.63) is 23.7 Å². The lowest BCUT2D eigenvalue weighted by molar-refractivity contribution is -0.142. The molecule has 1 amide bonds. The van der Waals surface area contributed by atoms with E-state index in [9.17, 15) is 14.4 Å². The maximum Gasteiger partial charge on any atom is 0.326 e. The van der Waals surface area contributed by atoms with Crippen LogP contribution in [0.4, 0.5) is 0 Å². The Morgan fingerprint density at radius 3 is 2.63 bits per heavy atom. The predicted octanol–water partition coefficient (Wildman–Crippen LogP) is 0.724. The number of carbonyl (C=O) groups excluding carboxylic acids is 2. The first-order valence-corrected chi connectivity index (χ1v) is 5.59. The maximum atomic E-state index is 11.7. The number of methoxy groups -OCH3 is 1. The Hall–Kier alpha value is -2.31. The summed E-state index contributed by atoms with van der Waals surface area (Å²) in [4.78, 5) is 33.7. The summed E-state index contributed by atoms with van der Waals surface area (Å²) in [5.74, 6) is -1.75. The largest absolute Gasteiger partial charge is 0.480 e. The molecule has 2 N–H and O–H groups in total. The van der Waals surface area contributed by atoms with Crippen molar-refractivity contribution in [2.24, 2.45) is 0 Å². The monoisotopic (exact) mass is 269 g/mol. The third kappa shape index (κ3) is 4.46. The Morgan fingerprint density at radius 1 is 1.47 bits per heavy atom. The highest BCUT2D eigenvalue weighted by Crippen LogP contribution is 2.07. The van der Waals surface area contributed by atoms with Crippen LogP contribution in [0.2, 0.25) is 0 Å². The molecule has 19 heavy (non-hydrogen) atoms. The molecule has 0 saturated heterocycles. The topological polar surface area (TPSA) is 106 Å². The Balaban J connectivity index is 2.61. The van der Waals surface area contributed by atoms with E-state index >= 15 is 0 Å². The number of carbonyl (C=O) groups is 3. The molecule has 1 rings (SSSR count). The lowest BCUT2D eigenvalue weighted by atomic mass is 10.1. The highest BCUT2D eigenvalue weighted by Gasteiger charge is 2.22. The zero-order valence-corrected chi connectivity index (χ0v) is 10.6. The smallest absolute Gasteiger partial charge is 0.326 e. The molecular weight excluding hydrogens is 254 g/mol. The molecule has 0 fully saturated rings. The number of hydrogen-bond acceptors (Lipinski definition) is 5. The van der Waals surface area contributed by atoms with Crippen molar-refractivity contribution >= 4 is 17.8 Å². The van der Waals surface area contributed by atoms with Crippen molar-refractivity contribution in [2.45, 2.75) is 25.8 Å². The van der Waals surface area contributed by atoms with Gasteiger partial charge in [-0.3, -0.25) is 9.59 Å². The first-order chi connectivity index (χ1) is 8.93. The average molecular weight is 269 g/mol. The summed E-state index contributed by atoms with van der Waals surface area (Å²) in [6, 6.07) is 0.343. The number of esters is 1. The summed E-state index contributed by atoms with van der Waals surface area (Å²) in [6.07, 6.45) is 1.12. The average Bonchev–Trinajstić information content (AvgIpc) is 2.80. The molecule has 1 heterocycles. The Morgan fingerprint density at radius 2 is 2.16 bits per heavy atom. The summed E-state index contributed by atoms with van der Waals surface area (Å²) < 4.78 is 9.37. The number of nitrogens with one attached hydrogen (secondary N) is 1. The number of amides is 1. The molecule has 0 radical (unpaired) electrons. The van der Waals surface area contributed by atoms with Crippen molar-refractivity contribution in [2.75, 3.05) is 7.11 Å². The van der Waals surface area contributed by atoms with Gasteiger partial charge in [0.25, 0.3) is 5.91 Å². The number of rotatable bonds is 6. The van der Waals surface area contributed by atoms with Crippen LogP contribution >= 0.6 is 0 Å². The molecule has 0 saturated carbocycles. The van der Waals surface area contributed by atoms with Gasteiger partial charge in [0.05, 0.1) is 12.7 Å². The van der Waals surface area contributed by atoms with Crippen LogP contribution in [0.1, 0.15) is 29.0 Å². The fourth-order valence-corrected chi connectivity index (χ4v) is 1.43. The molecule has 0 aliphatic rings. The van der Waals surface area contributed by atoms with E-state index in [4.69, 9.17) is 9.52 Å². The first kappa shape index (κ1) is 14.7. The molecular formula is C12H15NO6. The molecule has 0 unspecified atom stereocenters. The highest BCUT2D eigenvalue weighted by molar-refractivity contribution is 5.96. The lowest BCUT2D eigenvalue weighted by Gasteiger charge is -2.12. The van der Waals surface area contributed by atoms with Crippen molar-refractivity contribution in [3.8, 4) is 0 Å². The fraction of sp³-hybridized carbons (Fsp3) is 0.417. The summed E-state index contributed by atoms with van der Waals surface area (Å²) in [7, 11) is 1.21. The van der Waals surface area contributed by atoms with Crippen LogP contribution in [-0.2, 0) is 14.3 Å². The van der Waals surface area contributed by atoms with Gasteiger partial charge in [-0.1, -0.05) is 0 Å². The summed E-state index contributed by atoms with van der Waals surface area (Å²) in [6.45, 7) is 1.67. The van der Waals surface area contributed by atoms with Gasteiger partial charge in [0.1, 0.15) is 18.1 Å². The van der Waals surface area contributed by atoms with E-state index in [2.05, 4.69) is 10.1 Å². The molecule has 104 valence electrons. The van der Waals surface area contributed by atoms with E-state index in [0.29, 0.717) is 5.76 Å². The Kier molecular flexibility index (Phi) is 5.11. The second-order valence-corrected chi connectivity index (χ2v) is 3.93. The quantitative estimate of drug-likeness (QED) is 0.737. The van der Waals surface area contributed by atoms with Crippen molar-refractivity contribution in [3.63, 3.8) is 0 Å². The van der Waals surface area contributed by atoms with Gasteiger partial charge in [-0.2, -0.15) is 0 Å². The van der Waals surface area contributed by atoms with Gasteiger partial charge in [0.2, 0.25) is 0 Å². The number of ether oxygens (including phenoxy) is 1. The number of carboxylic acids is 1. The van der Waals surface area contributed by atoms with Crippen LogP contribution in [0.5, 0.6) is 0 Å². The summed E-state index contributed by atoms with van der Waals surface area (Å²) in [5, 5.41) is 11.3. The van der Waals surface area contributed by atoms with Crippen LogP contribution in [-0.4, -0.2) is 36.1 Å². The van der Waals surface area contributed by atoms with Gasteiger partial charge < -0.3 is 19.6 Å². The number of carboxylic acid groups (broad SMARTS) is 1. The van der Waals surface area contributed by atoms with Gasteiger partial charge in [-0.25, -0.2) is 4.79 Å². The molecule has 0 aromatic carbocycles. The second-order valence-electron chi connectivity index (χ2n) is 3.93. The minimum atomic E-state index is -1.21. The van der Waals surface area contributed by atoms with Crippen molar-refractivity contribution in [1.82, 2.24) is 5.32 Å². The molecule has 1 atom stereocenters. The van der Waals surface area contributed by atoms with Crippen LogP contribution in [0.25, 0.3) is 0 Å². The minimum Gasteiger partial charge on any atom is -0.480 e. The minimum absolute atomic E-state index is 0.0371. The third-order valence-corrected chi connectivity index (χ3v) is 2.46. The SMILES string of the molecule is COC(=O)CC[C@H](NC(=O)c1coc(C)c1)C(=O)O. The number of hydrogen-bond donors (Lipinski definition) is 2. The van der Waals surface area contributed by atoms with E-state index in [0.717, 1.165) is 0 Å². The third-order valence-electron chi connectivity index (χ3n) is 2.46. The zero-order chi connectivity index (χ0) is 14.4. The highest BCUT2D eigenvalue weighted by atomic mass is 16.5. The van der Waals surface area contributed by atoms with E-state index < -0.39 is 23.9 Å². The number of aliphatic carboxylic acids is 1. The Bertz CT molecular complexity index is 478. The van der Waals surface area contributed by atoms with E-state index in [-0.39, 0.29) is 18.4 Å². The van der Waals surface area contributed by atoms with Crippen LogP contribution < -0.4 is 5.32 Å². The van der Waals surface area contributed by atoms with E-state index in [1.54, 1.807) is 6.92 Å².